The van der Waals surface area contributed by atoms with Gasteiger partial charge in [0.15, 0.2) is 0 Å². The van der Waals surface area contributed by atoms with Gasteiger partial charge in [0.1, 0.15) is 29.6 Å². The van der Waals surface area contributed by atoms with Crippen LogP contribution < -0.4 is 21.5 Å². The molecular formula is C30H45N5O6. The molecule has 0 aliphatic rings. The molecule has 11 nitrogen and oxygen atoms in total. The minimum absolute atomic E-state index is 0.149. The van der Waals surface area contributed by atoms with Crippen molar-refractivity contribution in [1.29, 1.82) is 0 Å². The maximum atomic E-state index is 12.6. The lowest BCUT2D eigenvalue weighted by atomic mass is 10.0. The van der Waals surface area contributed by atoms with Crippen LogP contribution in [0.1, 0.15) is 35.1 Å². The van der Waals surface area contributed by atoms with Gasteiger partial charge >= 0.3 is 5.97 Å². The van der Waals surface area contributed by atoms with Crippen LogP contribution in [0.25, 0.3) is 0 Å². The van der Waals surface area contributed by atoms with E-state index in [-0.39, 0.29) is 24.6 Å². The number of aliphatic carboxylic acids is 1. The van der Waals surface area contributed by atoms with Crippen molar-refractivity contribution >= 4 is 18.2 Å². The first kappa shape index (κ1) is 33.7. The minimum atomic E-state index is -0.943. The molecular weight excluding hydrogens is 526 g/mol. The van der Waals surface area contributed by atoms with Gasteiger partial charge in [0.25, 0.3) is 0 Å². The zero-order valence-electron chi connectivity index (χ0n) is 24.4. The largest absolute Gasteiger partial charge is 0.508 e. The number of carboxylic acids is 1. The lowest BCUT2D eigenvalue weighted by Gasteiger charge is -2.30. The number of hydrogen-bond donors (Lipinski definition) is 5. The van der Waals surface area contributed by atoms with Gasteiger partial charge in [-0.05, 0) is 74.1 Å². The van der Waals surface area contributed by atoms with E-state index in [1.807, 2.05) is 35.8 Å². The van der Waals surface area contributed by atoms with E-state index in [0.29, 0.717) is 70.2 Å². The Labute approximate surface area is 242 Å². The van der Waals surface area contributed by atoms with Crippen LogP contribution in [-0.4, -0.2) is 96.6 Å². The molecule has 0 aliphatic heterocycles. The van der Waals surface area contributed by atoms with Crippen LogP contribution in [0.4, 0.5) is 0 Å². The average Bonchev–Trinajstić information content (AvgIpc) is 2.91. The summed E-state index contributed by atoms with van der Waals surface area (Å²) in [6.45, 7) is 8.86. The topological polar surface area (TPSA) is 171 Å². The number of rotatable bonds is 19. The van der Waals surface area contributed by atoms with Crippen molar-refractivity contribution in [2.75, 3.05) is 52.4 Å². The Morgan fingerprint density at radius 2 is 1.68 bits per heavy atom. The number of ether oxygens (including phenoxy) is 1. The molecule has 0 aromatic heterocycles. The molecule has 0 aliphatic carbocycles. The van der Waals surface area contributed by atoms with Crippen molar-refractivity contribution in [1.82, 2.24) is 15.1 Å². The molecule has 2 aromatic rings. The van der Waals surface area contributed by atoms with Gasteiger partial charge in [0.2, 0.25) is 5.91 Å². The maximum Gasteiger partial charge on any atom is 0.320 e. The number of phenols is 1. The van der Waals surface area contributed by atoms with Crippen molar-refractivity contribution in [3.8, 4) is 17.2 Å². The highest BCUT2D eigenvalue weighted by atomic mass is 16.5. The Morgan fingerprint density at radius 3 is 2.27 bits per heavy atom. The monoisotopic (exact) mass is 571 g/mol. The second kappa shape index (κ2) is 17.3. The Balaban J connectivity index is 1.90. The average molecular weight is 572 g/mol. The first-order valence-electron chi connectivity index (χ1n) is 14.0. The Kier molecular flexibility index (Phi) is 14.2. The van der Waals surface area contributed by atoms with Crippen LogP contribution >= 0.6 is 0 Å². The van der Waals surface area contributed by atoms with Crippen molar-refractivity contribution in [3.05, 3.63) is 52.6 Å². The number of nitrogens with two attached hydrogens (primary N) is 2. The van der Waals surface area contributed by atoms with Crippen molar-refractivity contribution < 1.29 is 29.3 Å². The fraction of sp³-hybridized carbons (Fsp3) is 0.500. The van der Waals surface area contributed by atoms with Crippen LogP contribution in [-0.2, 0) is 20.8 Å². The number of benzene rings is 2. The van der Waals surface area contributed by atoms with Crippen LogP contribution in [0.15, 0.2) is 30.3 Å². The summed E-state index contributed by atoms with van der Waals surface area (Å²) in [5.74, 6) is 0.443. The second-order valence-electron chi connectivity index (χ2n) is 10.2. The summed E-state index contributed by atoms with van der Waals surface area (Å²) in [7, 11) is 0. The molecule has 0 fully saturated rings. The van der Waals surface area contributed by atoms with Gasteiger partial charge in [0.05, 0.1) is 13.0 Å². The van der Waals surface area contributed by atoms with E-state index in [4.69, 9.17) is 16.2 Å². The summed E-state index contributed by atoms with van der Waals surface area (Å²) in [5.41, 5.74) is 14.7. The standard InChI is InChI=1S/C30H45N5O6/c1-21-19-25(6-7-27(21)37)41-29-22(2)17-24(18-23(29)3)20-28(38)33-10-4-5-26(30(39)40)35(12-9-32)14-13-34(11-8-31)15-16-36/h6-7,16-19,26,37H,4-5,8-15,20,31-32H2,1-3H3,(H,33,38)(H,39,40). The summed E-state index contributed by atoms with van der Waals surface area (Å²) in [4.78, 5) is 39.3. The third kappa shape index (κ3) is 11.1. The van der Waals surface area contributed by atoms with Gasteiger partial charge in [-0.3, -0.25) is 19.4 Å². The molecule has 0 saturated carbocycles. The van der Waals surface area contributed by atoms with E-state index in [2.05, 4.69) is 5.32 Å². The van der Waals surface area contributed by atoms with E-state index in [0.717, 1.165) is 28.5 Å². The third-order valence-electron chi connectivity index (χ3n) is 6.87. The number of aldehydes is 1. The van der Waals surface area contributed by atoms with Crippen molar-refractivity contribution in [2.24, 2.45) is 11.5 Å². The number of phenolic OH excluding ortho intramolecular Hbond substituents is 1. The number of nitrogens with zero attached hydrogens (tertiary/aromatic N) is 2. The first-order chi connectivity index (χ1) is 19.6. The summed E-state index contributed by atoms with van der Waals surface area (Å²) in [6.07, 6.45) is 1.84. The summed E-state index contributed by atoms with van der Waals surface area (Å²) >= 11 is 0. The normalized spacial score (nSPS) is 12.0. The van der Waals surface area contributed by atoms with Gasteiger partial charge in [-0.2, -0.15) is 0 Å². The number of carbonyl (C=O) groups is 3. The van der Waals surface area contributed by atoms with Gasteiger partial charge in [-0.25, -0.2) is 0 Å². The number of nitrogens with one attached hydrogen (secondary N) is 1. The zero-order chi connectivity index (χ0) is 30.4. The highest BCUT2D eigenvalue weighted by molar-refractivity contribution is 5.78. The first-order valence-corrected chi connectivity index (χ1v) is 14.0. The van der Waals surface area contributed by atoms with Crippen molar-refractivity contribution in [2.45, 2.75) is 46.1 Å². The number of amides is 1. The van der Waals surface area contributed by atoms with Gasteiger partial charge in [-0.15, -0.1) is 0 Å². The molecule has 226 valence electrons. The van der Waals surface area contributed by atoms with Crippen LogP contribution in [0.2, 0.25) is 0 Å². The van der Waals surface area contributed by atoms with Crippen LogP contribution in [0.3, 0.4) is 0 Å². The predicted molar refractivity (Wildman–Crippen MR) is 158 cm³/mol. The van der Waals surface area contributed by atoms with Gasteiger partial charge < -0.3 is 36.5 Å². The fourth-order valence-electron chi connectivity index (χ4n) is 4.79. The fourth-order valence-corrected chi connectivity index (χ4v) is 4.79. The minimum Gasteiger partial charge on any atom is -0.508 e. The lowest BCUT2D eigenvalue weighted by molar-refractivity contribution is -0.143. The van der Waals surface area contributed by atoms with E-state index in [1.165, 1.54) is 0 Å². The summed E-state index contributed by atoms with van der Waals surface area (Å²) in [5, 5.41) is 22.5. The number of carboxylic acid groups (broad SMARTS) is 1. The molecule has 11 heteroatoms. The smallest absolute Gasteiger partial charge is 0.320 e. The Hall–Kier alpha value is -3.51. The van der Waals surface area contributed by atoms with E-state index < -0.39 is 12.0 Å². The Bertz CT molecular complexity index is 1140. The number of aromatic hydroxyl groups is 1. The molecule has 0 spiro atoms. The maximum absolute atomic E-state index is 12.6. The molecule has 0 radical (unpaired) electrons. The molecule has 0 bridgehead atoms. The van der Waals surface area contributed by atoms with Gasteiger partial charge in [-0.1, -0.05) is 12.1 Å². The molecule has 1 atom stereocenters. The predicted octanol–water partition coefficient (Wildman–Crippen LogP) is 1.72. The molecule has 2 rings (SSSR count). The quantitative estimate of drug-likeness (QED) is 0.123. The van der Waals surface area contributed by atoms with E-state index in [9.17, 15) is 24.6 Å². The third-order valence-corrected chi connectivity index (χ3v) is 6.87. The highest BCUT2D eigenvalue weighted by Gasteiger charge is 2.25. The summed E-state index contributed by atoms with van der Waals surface area (Å²) in [6, 6.07) is 8.15. The second-order valence-corrected chi connectivity index (χ2v) is 10.2. The molecule has 0 heterocycles. The van der Waals surface area contributed by atoms with E-state index in [1.54, 1.807) is 25.1 Å². The van der Waals surface area contributed by atoms with Crippen LogP contribution in [0.5, 0.6) is 17.2 Å². The molecule has 1 amide bonds. The molecule has 7 N–H and O–H groups in total. The molecule has 1 unspecified atom stereocenters. The molecule has 0 saturated heterocycles. The Morgan fingerprint density at radius 1 is 1.00 bits per heavy atom. The molecule has 41 heavy (non-hydrogen) atoms. The lowest BCUT2D eigenvalue weighted by Crippen LogP contribution is -2.48. The van der Waals surface area contributed by atoms with E-state index >= 15 is 0 Å². The van der Waals surface area contributed by atoms with Crippen LogP contribution in [0, 0.1) is 20.8 Å². The number of carbonyl (C=O) groups excluding carboxylic acids is 2. The molecule has 2 aromatic carbocycles. The van der Waals surface area contributed by atoms with Crippen molar-refractivity contribution in [3.63, 3.8) is 0 Å². The SMILES string of the molecule is Cc1cc(Oc2c(C)cc(CC(=O)NCCCC(C(=O)O)N(CCN)CCN(CC=O)CCN)cc2C)ccc1O. The highest BCUT2D eigenvalue weighted by Crippen LogP contribution is 2.32. The number of hydrogen-bond acceptors (Lipinski definition) is 9. The zero-order valence-corrected chi connectivity index (χ0v) is 24.4. The van der Waals surface area contributed by atoms with Gasteiger partial charge in [0, 0.05) is 45.8 Å². The number of aryl methyl sites for hydroxylation is 3. The summed E-state index contributed by atoms with van der Waals surface area (Å²) < 4.78 is 6.05.